The Kier molecular flexibility index (Phi) is 5.17. The molecular weight excluding hydrogens is 360 g/mol. The summed E-state index contributed by atoms with van der Waals surface area (Å²) in [7, 11) is -1.57. The highest BCUT2D eigenvalue weighted by Crippen LogP contribution is 2.22. The van der Waals surface area contributed by atoms with E-state index in [2.05, 4.69) is 26.6 Å². The van der Waals surface area contributed by atoms with Gasteiger partial charge in [-0.05, 0) is 49.9 Å². The molecule has 2 aromatic rings. The molecule has 1 aliphatic heterocycles. The molecule has 0 aliphatic carbocycles. The van der Waals surface area contributed by atoms with E-state index in [0.717, 1.165) is 32.0 Å². The fourth-order valence-corrected chi connectivity index (χ4v) is 3.91. The molecule has 6 nitrogen and oxygen atoms in total. The molecule has 0 amide bonds. The third kappa shape index (κ3) is 4.23. The van der Waals surface area contributed by atoms with Crippen LogP contribution in [0.15, 0.2) is 41.4 Å². The van der Waals surface area contributed by atoms with Gasteiger partial charge in [-0.1, -0.05) is 11.6 Å². The van der Waals surface area contributed by atoms with Crippen molar-refractivity contribution in [3.8, 4) is 0 Å². The first-order chi connectivity index (χ1) is 11.8. The molecule has 0 atom stereocenters. The average Bonchev–Trinajstić information content (AvgIpc) is 2.58. The zero-order valence-electron chi connectivity index (χ0n) is 14.2. The Morgan fingerprint density at radius 3 is 2.44 bits per heavy atom. The van der Waals surface area contributed by atoms with E-state index in [9.17, 15) is 8.42 Å². The number of anilines is 2. The van der Waals surface area contributed by atoms with Crippen molar-refractivity contribution in [2.75, 3.05) is 42.8 Å². The first-order valence-electron chi connectivity index (χ1n) is 8.04. The number of rotatable bonds is 4. The molecule has 8 heteroatoms. The van der Waals surface area contributed by atoms with Crippen LogP contribution in [-0.2, 0) is 10.0 Å². The monoisotopic (exact) mass is 380 g/mol. The molecule has 1 fully saturated rings. The van der Waals surface area contributed by atoms with Gasteiger partial charge in [-0.3, -0.25) is 4.72 Å². The van der Waals surface area contributed by atoms with Crippen LogP contribution >= 0.6 is 11.6 Å². The number of sulfonamides is 1. The fourth-order valence-electron chi connectivity index (χ4n) is 2.67. The van der Waals surface area contributed by atoms with Gasteiger partial charge >= 0.3 is 0 Å². The summed E-state index contributed by atoms with van der Waals surface area (Å²) >= 11 is 5.96. The van der Waals surface area contributed by atoms with E-state index in [-0.39, 0.29) is 4.90 Å². The first kappa shape index (κ1) is 18.0. The maximum absolute atomic E-state index is 12.5. The van der Waals surface area contributed by atoms with Gasteiger partial charge in [0.1, 0.15) is 5.82 Å². The number of hydrogen-bond acceptors (Lipinski definition) is 5. The van der Waals surface area contributed by atoms with E-state index < -0.39 is 10.0 Å². The summed E-state index contributed by atoms with van der Waals surface area (Å²) < 4.78 is 27.5. The fraction of sp³-hybridized carbons (Fsp3) is 0.353. The quantitative estimate of drug-likeness (QED) is 0.883. The zero-order valence-corrected chi connectivity index (χ0v) is 15.8. The SMILES string of the molecule is Cc1cc(S(=O)(=O)Nc2ccc(N3CCN(C)CC3)nc2)ccc1Cl. The van der Waals surface area contributed by atoms with Crippen molar-refractivity contribution in [2.24, 2.45) is 0 Å². The number of piperazine rings is 1. The molecule has 0 unspecified atom stereocenters. The van der Waals surface area contributed by atoms with Crippen LogP contribution in [0.25, 0.3) is 0 Å². The lowest BCUT2D eigenvalue weighted by molar-refractivity contribution is 0.312. The number of hydrogen-bond donors (Lipinski definition) is 1. The molecule has 1 aromatic heterocycles. The van der Waals surface area contributed by atoms with Gasteiger partial charge < -0.3 is 9.80 Å². The van der Waals surface area contributed by atoms with E-state index in [0.29, 0.717) is 16.3 Å². The predicted molar refractivity (Wildman–Crippen MR) is 101 cm³/mol. The van der Waals surface area contributed by atoms with Crippen LogP contribution in [0.3, 0.4) is 0 Å². The predicted octanol–water partition coefficient (Wildman–Crippen LogP) is 2.60. The van der Waals surface area contributed by atoms with Crippen molar-refractivity contribution >= 4 is 33.1 Å². The van der Waals surface area contributed by atoms with E-state index in [1.807, 2.05) is 6.07 Å². The van der Waals surface area contributed by atoms with E-state index in [1.165, 1.54) is 6.07 Å². The maximum atomic E-state index is 12.5. The van der Waals surface area contributed by atoms with Crippen molar-refractivity contribution in [2.45, 2.75) is 11.8 Å². The largest absolute Gasteiger partial charge is 0.354 e. The number of aromatic nitrogens is 1. The third-order valence-electron chi connectivity index (χ3n) is 4.27. The van der Waals surface area contributed by atoms with Gasteiger partial charge in [-0.15, -0.1) is 0 Å². The molecule has 134 valence electrons. The molecule has 25 heavy (non-hydrogen) atoms. The Balaban J connectivity index is 1.73. The molecule has 1 aromatic carbocycles. The molecule has 0 saturated carbocycles. The Labute approximate surface area is 153 Å². The standard InChI is InChI=1S/C17H21ClN4O2S/c1-13-11-15(4-5-16(13)18)25(23,24)20-14-3-6-17(19-12-14)22-9-7-21(2)8-10-22/h3-6,11-12,20H,7-10H2,1-2H3. The summed E-state index contributed by atoms with van der Waals surface area (Å²) in [6, 6.07) is 8.21. The van der Waals surface area contributed by atoms with E-state index in [1.54, 1.807) is 31.3 Å². The Morgan fingerprint density at radius 2 is 1.84 bits per heavy atom. The van der Waals surface area contributed by atoms with Crippen molar-refractivity contribution in [1.82, 2.24) is 9.88 Å². The second-order valence-electron chi connectivity index (χ2n) is 6.21. The van der Waals surface area contributed by atoms with Crippen molar-refractivity contribution in [3.05, 3.63) is 47.1 Å². The highest BCUT2D eigenvalue weighted by Gasteiger charge is 2.17. The number of pyridine rings is 1. The van der Waals surface area contributed by atoms with Crippen LogP contribution < -0.4 is 9.62 Å². The molecule has 1 aliphatic rings. The van der Waals surface area contributed by atoms with Gasteiger partial charge in [-0.2, -0.15) is 0 Å². The highest BCUT2D eigenvalue weighted by atomic mass is 35.5. The second kappa shape index (κ2) is 7.19. The Bertz CT molecular complexity index is 847. The number of nitrogens with one attached hydrogen (secondary N) is 1. The van der Waals surface area contributed by atoms with Crippen LogP contribution in [0.5, 0.6) is 0 Å². The lowest BCUT2D eigenvalue weighted by Gasteiger charge is -2.33. The summed E-state index contributed by atoms with van der Waals surface area (Å²) in [4.78, 5) is 9.04. The Hall–Kier alpha value is -1.83. The molecule has 1 saturated heterocycles. The van der Waals surface area contributed by atoms with Gasteiger partial charge in [-0.25, -0.2) is 13.4 Å². The van der Waals surface area contributed by atoms with Gasteiger partial charge in [0.05, 0.1) is 16.8 Å². The van der Waals surface area contributed by atoms with E-state index >= 15 is 0 Å². The molecule has 0 spiro atoms. The highest BCUT2D eigenvalue weighted by molar-refractivity contribution is 7.92. The number of halogens is 1. The van der Waals surface area contributed by atoms with Crippen LogP contribution in [-0.4, -0.2) is 51.5 Å². The van der Waals surface area contributed by atoms with Gasteiger partial charge in [0, 0.05) is 31.2 Å². The summed E-state index contributed by atoms with van der Waals surface area (Å²) in [6.45, 7) is 5.59. The molecule has 2 heterocycles. The van der Waals surface area contributed by atoms with E-state index in [4.69, 9.17) is 11.6 Å². The lowest BCUT2D eigenvalue weighted by Crippen LogP contribution is -2.44. The molecule has 1 N–H and O–H groups in total. The first-order valence-corrected chi connectivity index (χ1v) is 9.90. The molecular formula is C17H21ClN4O2S. The third-order valence-corrected chi connectivity index (χ3v) is 6.07. The smallest absolute Gasteiger partial charge is 0.261 e. The number of aryl methyl sites for hydroxylation is 1. The Morgan fingerprint density at radius 1 is 1.12 bits per heavy atom. The lowest BCUT2D eigenvalue weighted by atomic mass is 10.2. The zero-order chi connectivity index (χ0) is 18.0. The van der Waals surface area contributed by atoms with Crippen LogP contribution in [0.4, 0.5) is 11.5 Å². The summed E-state index contributed by atoms with van der Waals surface area (Å²) in [5.41, 5.74) is 1.15. The molecule has 3 rings (SSSR count). The van der Waals surface area contributed by atoms with Gasteiger partial charge in [0.15, 0.2) is 0 Å². The minimum Gasteiger partial charge on any atom is -0.354 e. The second-order valence-corrected chi connectivity index (χ2v) is 8.30. The minimum atomic E-state index is -3.67. The van der Waals surface area contributed by atoms with Crippen molar-refractivity contribution in [3.63, 3.8) is 0 Å². The van der Waals surface area contributed by atoms with Crippen molar-refractivity contribution < 1.29 is 8.42 Å². The van der Waals surface area contributed by atoms with Crippen molar-refractivity contribution in [1.29, 1.82) is 0 Å². The molecule has 0 bridgehead atoms. The van der Waals surface area contributed by atoms with Crippen LogP contribution in [0.2, 0.25) is 5.02 Å². The number of nitrogens with zero attached hydrogens (tertiary/aromatic N) is 3. The molecule has 0 radical (unpaired) electrons. The summed E-state index contributed by atoms with van der Waals surface area (Å²) in [5, 5.41) is 0.539. The van der Waals surface area contributed by atoms with Crippen LogP contribution in [0, 0.1) is 6.92 Å². The van der Waals surface area contributed by atoms with Gasteiger partial charge in [0.25, 0.3) is 10.0 Å². The normalized spacial score (nSPS) is 16.0. The van der Waals surface area contributed by atoms with Gasteiger partial charge in [0.2, 0.25) is 0 Å². The number of likely N-dealkylation sites (N-methyl/N-ethyl adjacent to an activating group) is 1. The van der Waals surface area contributed by atoms with Crippen LogP contribution in [0.1, 0.15) is 5.56 Å². The average molecular weight is 381 g/mol. The maximum Gasteiger partial charge on any atom is 0.261 e. The summed E-state index contributed by atoms with van der Waals surface area (Å²) in [6.07, 6.45) is 1.55. The number of benzene rings is 1. The minimum absolute atomic E-state index is 0.178. The summed E-state index contributed by atoms with van der Waals surface area (Å²) in [5.74, 6) is 0.860. The topological polar surface area (TPSA) is 65.5 Å².